The lowest BCUT2D eigenvalue weighted by Crippen LogP contribution is -2.69. The first-order valence-corrected chi connectivity index (χ1v) is 7.79. The third kappa shape index (κ3) is 2.30. The van der Waals surface area contributed by atoms with Crippen molar-refractivity contribution in [2.75, 3.05) is 6.67 Å². The minimum absolute atomic E-state index is 0.0886. The molecule has 0 aliphatic heterocycles. The Labute approximate surface area is 131 Å². The fourth-order valence-corrected chi connectivity index (χ4v) is 5.56. The van der Waals surface area contributed by atoms with E-state index in [0.29, 0.717) is 12.8 Å². The summed E-state index contributed by atoms with van der Waals surface area (Å²) in [5.41, 5.74) is -6.04. The van der Waals surface area contributed by atoms with E-state index >= 15 is 0 Å². The Morgan fingerprint density at radius 3 is 2.26 bits per heavy atom. The standard InChI is InChI=1S/C16H20F4O3/c1-2-12(21)23-14-6-10-3-11(7-14)5-13(4-10,8-14)15(22,9-17)16(18,19)20/h2,10-11,22H,1,3-9H2. The Hall–Kier alpha value is -1.11. The van der Waals surface area contributed by atoms with Crippen molar-refractivity contribution in [2.45, 2.75) is 55.9 Å². The molecule has 7 heteroatoms. The van der Waals surface area contributed by atoms with E-state index in [1.807, 2.05) is 0 Å². The van der Waals surface area contributed by atoms with Gasteiger partial charge in [0.25, 0.3) is 0 Å². The Kier molecular flexibility index (Phi) is 3.60. The van der Waals surface area contributed by atoms with Crippen molar-refractivity contribution < 1.29 is 32.2 Å². The lowest BCUT2D eigenvalue weighted by Gasteiger charge is -2.64. The highest BCUT2D eigenvalue weighted by molar-refractivity contribution is 5.81. The quantitative estimate of drug-likeness (QED) is 0.487. The van der Waals surface area contributed by atoms with Crippen LogP contribution in [-0.2, 0) is 9.53 Å². The molecule has 0 aromatic heterocycles. The Morgan fingerprint density at radius 1 is 1.26 bits per heavy atom. The van der Waals surface area contributed by atoms with Gasteiger partial charge >= 0.3 is 12.1 Å². The summed E-state index contributed by atoms with van der Waals surface area (Å²) in [4.78, 5) is 11.6. The van der Waals surface area contributed by atoms with E-state index < -0.39 is 35.4 Å². The average molecular weight is 336 g/mol. The molecule has 4 aliphatic rings. The Bertz CT molecular complexity index is 516. The molecule has 0 radical (unpaired) electrons. The van der Waals surface area contributed by atoms with Gasteiger partial charge in [0.1, 0.15) is 12.3 Å². The summed E-state index contributed by atoms with van der Waals surface area (Å²) in [5, 5.41) is 10.3. The first-order chi connectivity index (χ1) is 10.6. The molecule has 3 unspecified atom stereocenters. The average Bonchev–Trinajstić information content (AvgIpc) is 2.42. The summed E-state index contributed by atoms with van der Waals surface area (Å²) in [7, 11) is 0. The molecule has 3 nitrogen and oxygen atoms in total. The van der Waals surface area contributed by atoms with Crippen molar-refractivity contribution in [2.24, 2.45) is 17.3 Å². The number of esters is 1. The van der Waals surface area contributed by atoms with Crippen LogP contribution in [0.2, 0.25) is 0 Å². The fourth-order valence-electron chi connectivity index (χ4n) is 5.56. The monoisotopic (exact) mass is 336 g/mol. The maximum atomic E-state index is 13.5. The Morgan fingerprint density at radius 2 is 1.83 bits per heavy atom. The zero-order chi connectivity index (χ0) is 17.1. The minimum atomic E-state index is -5.06. The molecule has 1 N–H and O–H groups in total. The van der Waals surface area contributed by atoms with E-state index in [1.54, 1.807) is 0 Å². The highest BCUT2D eigenvalue weighted by Crippen LogP contribution is 2.68. The number of hydrogen-bond acceptors (Lipinski definition) is 3. The lowest BCUT2D eigenvalue weighted by atomic mass is 9.44. The second-order valence-corrected chi connectivity index (χ2v) is 7.54. The number of rotatable bonds is 4. The summed E-state index contributed by atoms with van der Waals surface area (Å²) < 4.78 is 59.2. The molecule has 130 valence electrons. The van der Waals surface area contributed by atoms with Gasteiger partial charge in [0.05, 0.1) is 0 Å². The SMILES string of the molecule is C=CC(=O)OC12CC3CC(C1)CC(C(O)(CF)C(F)(F)F)(C3)C2. The molecule has 0 spiro atoms. The molecule has 4 bridgehead atoms. The van der Waals surface area contributed by atoms with Gasteiger partial charge in [-0.3, -0.25) is 0 Å². The molecule has 0 heterocycles. The predicted octanol–water partition coefficient (Wildman–Crippen LogP) is 3.32. The second kappa shape index (κ2) is 4.94. The van der Waals surface area contributed by atoms with Gasteiger partial charge in [0.15, 0.2) is 5.60 Å². The van der Waals surface area contributed by atoms with Crippen molar-refractivity contribution in [3.05, 3.63) is 12.7 Å². The fraction of sp³-hybridized carbons (Fsp3) is 0.812. The van der Waals surface area contributed by atoms with Gasteiger partial charge in [-0.25, -0.2) is 9.18 Å². The van der Waals surface area contributed by atoms with Crippen LogP contribution in [-0.4, -0.2) is 35.1 Å². The van der Waals surface area contributed by atoms with Gasteiger partial charge < -0.3 is 9.84 Å². The van der Waals surface area contributed by atoms with E-state index in [1.165, 1.54) is 0 Å². The number of ether oxygens (including phenoxy) is 1. The Balaban J connectivity index is 2.01. The van der Waals surface area contributed by atoms with E-state index in [4.69, 9.17) is 4.74 Å². The number of halogens is 4. The molecule has 0 aromatic carbocycles. The normalized spacial score (nSPS) is 41.4. The van der Waals surface area contributed by atoms with Crippen LogP contribution in [0, 0.1) is 17.3 Å². The van der Waals surface area contributed by atoms with E-state index in [2.05, 4.69) is 6.58 Å². The van der Waals surface area contributed by atoms with Crippen LogP contribution in [0.15, 0.2) is 12.7 Å². The highest BCUT2D eigenvalue weighted by atomic mass is 19.4. The molecule has 4 rings (SSSR count). The van der Waals surface area contributed by atoms with Crippen LogP contribution in [0.25, 0.3) is 0 Å². The largest absolute Gasteiger partial charge is 0.456 e. The molecule has 4 aliphatic carbocycles. The molecular formula is C16H20F4O3. The molecule has 0 aromatic rings. The summed E-state index contributed by atoms with van der Waals surface area (Å²) >= 11 is 0. The molecule has 23 heavy (non-hydrogen) atoms. The number of carbonyl (C=O) groups excluding carboxylic acids is 1. The van der Waals surface area contributed by atoms with Crippen LogP contribution in [0.4, 0.5) is 17.6 Å². The third-order valence-corrected chi connectivity index (χ3v) is 6.03. The summed E-state index contributed by atoms with van der Waals surface area (Å²) in [5.74, 6) is -0.860. The number of alkyl halides is 4. The van der Waals surface area contributed by atoms with Crippen LogP contribution in [0.1, 0.15) is 38.5 Å². The van der Waals surface area contributed by atoms with E-state index in [0.717, 1.165) is 12.5 Å². The van der Waals surface area contributed by atoms with Gasteiger partial charge in [-0.05, 0) is 50.4 Å². The topological polar surface area (TPSA) is 46.5 Å². The smallest absolute Gasteiger partial charge is 0.420 e. The summed E-state index contributed by atoms with van der Waals surface area (Å²) in [6, 6.07) is 0. The van der Waals surface area contributed by atoms with Crippen LogP contribution < -0.4 is 0 Å². The van der Waals surface area contributed by atoms with Gasteiger partial charge in [0, 0.05) is 11.5 Å². The minimum Gasteiger partial charge on any atom is -0.456 e. The first kappa shape index (κ1) is 16.7. The molecule has 0 saturated heterocycles. The number of carbonyl (C=O) groups is 1. The van der Waals surface area contributed by atoms with Gasteiger partial charge in [-0.15, -0.1) is 0 Å². The molecule has 0 amide bonds. The second-order valence-electron chi connectivity index (χ2n) is 7.54. The zero-order valence-electron chi connectivity index (χ0n) is 12.7. The van der Waals surface area contributed by atoms with E-state index in [9.17, 15) is 27.5 Å². The molecule has 4 fully saturated rings. The van der Waals surface area contributed by atoms with Gasteiger partial charge in [-0.1, -0.05) is 6.58 Å². The predicted molar refractivity (Wildman–Crippen MR) is 73.1 cm³/mol. The van der Waals surface area contributed by atoms with Crippen LogP contribution in [0.3, 0.4) is 0 Å². The molecule has 4 saturated carbocycles. The zero-order valence-corrected chi connectivity index (χ0v) is 12.7. The first-order valence-electron chi connectivity index (χ1n) is 7.79. The maximum absolute atomic E-state index is 13.5. The van der Waals surface area contributed by atoms with Crippen molar-refractivity contribution in [1.29, 1.82) is 0 Å². The maximum Gasteiger partial charge on any atom is 0.420 e. The van der Waals surface area contributed by atoms with E-state index in [-0.39, 0.29) is 31.1 Å². The third-order valence-electron chi connectivity index (χ3n) is 6.03. The van der Waals surface area contributed by atoms with Crippen molar-refractivity contribution in [3.8, 4) is 0 Å². The number of aliphatic hydroxyl groups is 1. The lowest BCUT2D eigenvalue weighted by molar-refractivity contribution is -0.340. The molecular weight excluding hydrogens is 316 g/mol. The van der Waals surface area contributed by atoms with Crippen molar-refractivity contribution >= 4 is 5.97 Å². The van der Waals surface area contributed by atoms with Gasteiger partial charge in [-0.2, -0.15) is 13.2 Å². The van der Waals surface area contributed by atoms with Crippen molar-refractivity contribution in [3.63, 3.8) is 0 Å². The summed E-state index contributed by atoms with van der Waals surface area (Å²) in [6.07, 6.45) is -2.28. The van der Waals surface area contributed by atoms with Crippen LogP contribution in [0.5, 0.6) is 0 Å². The number of hydrogen-bond donors (Lipinski definition) is 1. The van der Waals surface area contributed by atoms with Gasteiger partial charge in [0.2, 0.25) is 0 Å². The molecule has 3 atom stereocenters. The summed E-state index contributed by atoms with van der Waals surface area (Å²) in [6.45, 7) is 1.44. The van der Waals surface area contributed by atoms with Crippen molar-refractivity contribution in [1.82, 2.24) is 0 Å². The highest BCUT2D eigenvalue weighted by Gasteiger charge is 2.73. The van der Waals surface area contributed by atoms with Crippen LogP contribution >= 0.6 is 0 Å².